The van der Waals surface area contributed by atoms with Crippen LogP contribution in [0, 0.1) is 23.7 Å². The molecule has 1 rings (SSSR count). The zero-order chi connectivity index (χ0) is 9.68. The number of benzene rings is 1. The fourth-order valence-electron chi connectivity index (χ4n) is 0.853. The van der Waals surface area contributed by atoms with Crippen LogP contribution in [0.5, 0.6) is 5.75 Å². The maximum absolute atomic E-state index is 8.73. The van der Waals surface area contributed by atoms with Crippen molar-refractivity contribution >= 4 is 11.6 Å². The quantitative estimate of drug-likeness (QED) is 0.672. The van der Waals surface area contributed by atoms with Crippen molar-refractivity contribution in [2.45, 2.75) is 0 Å². The second kappa shape index (κ2) is 4.40. The van der Waals surface area contributed by atoms with Crippen molar-refractivity contribution in [3.63, 3.8) is 0 Å². The van der Waals surface area contributed by atoms with E-state index in [0.29, 0.717) is 16.3 Å². The average molecular weight is 192 g/mol. The molecule has 3 heteroatoms. The minimum atomic E-state index is 0.134. The Labute approximate surface area is 81.7 Å². The highest BCUT2D eigenvalue weighted by molar-refractivity contribution is 6.31. The van der Waals surface area contributed by atoms with Crippen LogP contribution in [0.3, 0.4) is 0 Å². The van der Waals surface area contributed by atoms with Crippen molar-refractivity contribution in [1.82, 2.24) is 0 Å². The Morgan fingerprint density at radius 2 is 2.31 bits per heavy atom. The standard InChI is InChI=1S/C10H6ClNO/c1-2-6-13-10-5-3-4-9(11)8(10)7-12/h1,3-5H,6H2. The molecule has 0 saturated heterocycles. The molecule has 2 nitrogen and oxygen atoms in total. The number of hydrogen-bond acceptors (Lipinski definition) is 2. The first-order valence-electron chi connectivity index (χ1n) is 3.54. The highest BCUT2D eigenvalue weighted by atomic mass is 35.5. The number of terminal acetylenes is 1. The Kier molecular flexibility index (Phi) is 3.20. The first-order valence-corrected chi connectivity index (χ1v) is 3.92. The monoisotopic (exact) mass is 191 g/mol. The molecule has 1 aromatic carbocycles. The molecule has 0 radical (unpaired) electrons. The van der Waals surface area contributed by atoms with Crippen molar-refractivity contribution in [1.29, 1.82) is 5.26 Å². The van der Waals surface area contributed by atoms with Crippen molar-refractivity contribution in [2.24, 2.45) is 0 Å². The number of halogens is 1. The lowest BCUT2D eigenvalue weighted by atomic mass is 10.2. The summed E-state index contributed by atoms with van der Waals surface area (Å²) in [7, 11) is 0. The molecular formula is C10H6ClNO. The molecule has 0 spiro atoms. The zero-order valence-electron chi connectivity index (χ0n) is 6.75. The van der Waals surface area contributed by atoms with E-state index in [4.69, 9.17) is 28.0 Å². The van der Waals surface area contributed by atoms with Gasteiger partial charge in [0.05, 0.1) is 5.02 Å². The lowest BCUT2D eigenvalue weighted by Gasteiger charge is -2.04. The molecule has 13 heavy (non-hydrogen) atoms. The molecule has 0 fully saturated rings. The second-order valence-electron chi connectivity index (χ2n) is 2.22. The normalized spacial score (nSPS) is 8.54. The molecule has 0 saturated carbocycles. The zero-order valence-corrected chi connectivity index (χ0v) is 7.51. The van der Waals surface area contributed by atoms with E-state index in [1.54, 1.807) is 18.2 Å². The Bertz CT molecular complexity index is 387. The highest BCUT2D eigenvalue weighted by Gasteiger charge is 2.05. The van der Waals surface area contributed by atoms with Gasteiger partial charge in [-0.25, -0.2) is 0 Å². The summed E-state index contributed by atoms with van der Waals surface area (Å²) < 4.78 is 5.11. The molecule has 0 atom stereocenters. The van der Waals surface area contributed by atoms with Crippen LogP contribution in [-0.2, 0) is 0 Å². The molecule has 0 unspecified atom stereocenters. The summed E-state index contributed by atoms with van der Waals surface area (Å²) in [4.78, 5) is 0. The molecule has 0 bridgehead atoms. The first kappa shape index (κ1) is 9.45. The van der Waals surface area contributed by atoms with Gasteiger partial charge in [0, 0.05) is 0 Å². The van der Waals surface area contributed by atoms with Gasteiger partial charge in [0.15, 0.2) is 0 Å². The highest BCUT2D eigenvalue weighted by Crippen LogP contribution is 2.24. The van der Waals surface area contributed by atoms with Gasteiger partial charge in [-0.2, -0.15) is 5.26 Å². The molecule has 0 aliphatic carbocycles. The van der Waals surface area contributed by atoms with E-state index in [2.05, 4.69) is 5.92 Å². The Balaban J connectivity index is 3.02. The first-order chi connectivity index (χ1) is 6.29. The van der Waals surface area contributed by atoms with E-state index < -0.39 is 0 Å². The third-order valence-electron chi connectivity index (χ3n) is 1.40. The maximum Gasteiger partial charge on any atom is 0.148 e. The third-order valence-corrected chi connectivity index (χ3v) is 1.71. The average Bonchev–Trinajstić information content (AvgIpc) is 2.15. The molecular weight excluding hydrogens is 186 g/mol. The predicted molar refractivity (Wildman–Crippen MR) is 50.5 cm³/mol. The van der Waals surface area contributed by atoms with Gasteiger partial charge < -0.3 is 4.74 Å². The largest absolute Gasteiger partial charge is 0.480 e. The Morgan fingerprint density at radius 3 is 2.92 bits per heavy atom. The van der Waals surface area contributed by atoms with Crippen LogP contribution in [-0.4, -0.2) is 6.61 Å². The van der Waals surface area contributed by atoms with E-state index in [0.717, 1.165) is 0 Å². The lowest BCUT2D eigenvalue weighted by Crippen LogP contribution is -1.95. The smallest absolute Gasteiger partial charge is 0.148 e. The maximum atomic E-state index is 8.73. The molecule has 0 aromatic heterocycles. The van der Waals surface area contributed by atoms with Crippen LogP contribution in [0.25, 0.3) is 0 Å². The molecule has 0 heterocycles. The van der Waals surface area contributed by atoms with Gasteiger partial charge in [0.25, 0.3) is 0 Å². The number of rotatable bonds is 2. The molecule has 0 aliphatic heterocycles. The van der Waals surface area contributed by atoms with Gasteiger partial charge in [-0.1, -0.05) is 23.6 Å². The van der Waals surface area contributed by atoms with Crippen molar-refractivity contribution in [3.8, 4) is 24.2 Å². The van der Waals surface area contributed by atoms with E-state index in [1.807, 2.05) is 6.07 Å². The fraction of sp³-hybridized carbons (Fsp3) is 0.100. The van der Waals surface area contributed by atoms with Crippen LogP contribution in [0.4, 0.5) is 0 Å². The minimum Gasteiger partial charge on any atom is -0.480 e. The Morgan fingerprint density at radius 1 is 1.54 bits per heavy atom. The minimum absolute atomic E-state index is 0.134. The van der Waals surface area contributed by atoms with E-state index in [-0.39, 0.29) is 6.61 Å². The summed E-state index contributed by atoms with van der Waals surface area (Å²) in [6, 6.07) is 6.93. The summed E-state index contributed by atoms with van der Waals surface area (Å²) in [5, 5.41) is 9.10. The summed E-state index contributed by atoms with van der Waals surface area (Å²) in [5.74, 6) is 2.74. The van der Waals surface area contributed by atoms with E-state index in [9.17, 15) is 0 Å². The SMILES string of the molecule is C#CCOc1cccc(Cl)c1C#N. The van der Waals surface area contributed by atoms with Gasteiger partial charge in [-0.3, -0.25) is 0 Å². The van der Waals surface area contributed by atoms with Crippen LogP contribution < -0.4 is 4.74 Å². The lowest BCUT2D eigenvalue weighted by molar-refractivity contribution is 0.369. The summed E-state index contributed by atoms with van der Waals surface area (Å²) >= 11 is 5.75. The van der Waals surface area contributed by atoms with Gasteiger partial charge in [0.2, 0.25) is 0 Å². The molecule has 0 aliphatic rings. The molecule has 0 amide bonds. The summed E-state index contributed by atoms with van der Waals surface area (Å²) in [6.07, 6.45) is 5.02. The summed E-state index contributed by atoms with van der Waals surface area (Å²) in [6.45, 7) is 0.134. The van der Waals surface area contributed by atoms with Gasteiger partial charge in [-0.15, -0.1) is 6.42 Å². The van der Waals surface area contributed by atoms with E-state index >= 15 is 0 Å². The molecule has 64 valence electrons. The second-order valence-corrected chi connectivity index (χ2v) is 2.62. The summed E-state index contributed by atoms with van der Waals surface area (Å²) in [5.41, 5.74) is 0.319. The van der Waals surface area contributed by atoms with Crippen LogP contribution >= 0.6 is 11.6 Å². The number of hydrogen-bond donors (Lipinski definition) is 0. The van der Waals surface area contributed by atoms with Gasteiger partial charge >= 0.3 is 0 Å². The van der Waals surface area contributed by atoms with Crippen LogP contribution in [0.2, 0.25) is 5.02 Å². The Hall–Kier alpha value is -1.64. The predicted octanol–water partition coefficient (Wildman–Crippen LogP) is 2.22. The number of nitriles is 1. The number of nitrogens with zero attached hydrogens (tertiary/aromatic N) is 1. The van der Waals surface area contributed by atoms with Crippen LogP contribution in [0.1, 0.15) is 5.56 Å². The van der Waals surface area contributed by atoms with Gasteiger partial charge in [0.1, 0.15) is 24.0 Å². The van der Waals surface area contributed by atoms with Crippen molar-refractivity contribution in [2.75, 3.05) is 6.61 Å². The van der Waals surface area contributed by atoms with E-state index in [1.165, 1.54) is 0 Å². The van der Waals surface area contributed by atoms with Crippen molar-refractivity contribution in [3.05, 3.63) is 28.8 Å². The topological polar surface area (TPSA) is 33.0 Å². The third kappa shape index (κ3) is 2.15. The van der Waals surface area contributed by atoms with Crippen molar-refractivity contribution < 1.29 is 4.74 Å². The molecule has 1 aromatic rings. The molecule has 0 N–H and O–H groups in total. The number of ether oxygens (including phenoxy) is 1. The van der Waals surface area contributed by atoms with Crippen LogP contribution in [0.15, 0.2) is 18.2 Å². The fourth-order valence-corrected chi connectivity index (χ4v) is 1.06. The van der Waals surface area contributed by atoms with Gasteiger partial charge in [-0.05, 0) is 12.1 Å².